The quantitative estimate of drug-likeness (QED) is 0.726. The summed E-state index contributed by atoms with van der Waals surface area (Å²) in [5.41, 5.74) is 1.52. The predicted molar refractivity (Wildman–Crippen MR) is 87.0 cm³/mol. The fraction of sp³-hybridized carbons (Fsp3) is 0.412. The molecule has 0 saturated heterocycles. The molecule has 22 heavy (non-hydrogen) atoms. The van der Waals surface area contributed by atoms with Gasteiger partial charge in [0.1, 0.15) is 5.75 Å². The van der Waals surface area contributed by atoms with E-state index in [4.69, 9.17) is 4.74 Å². The summed E-state index contributed by atoms with van der Waals surface area (Å²) in [5.74, 6) is 0.412. The summed E-state index contributed by atoms with van der Waals surface area (Å²) in [5, 5.41) is 0. The maximum absolute atomic E-state index is 12.0. The standard InChI is InChI=1S/C17H24N2O3/c1-6-19(11-13(2)3)16(20)12-22-15-9-7-14(8-10-15)17(21)18(4)5/h7-10H,2,6,11-12H2,1,3-5H3. The number of ether oxygens (including phenoxy) is 1. The summed E-state index contributed by atoms with van der Waals surface area (Å²) in [6.45, 7) is 8.75. The monoisotopic (exact) mass is 304 g/mol. The van der Waals surface area contributed by atoms with E-state index in [0.29, 0.717) is 24.4 Å². The lowest BCUT2D eigenvalue weighted by Crippen LogP contribution is -2.35. The number of hydrogen-bond acceptors (Lipinski definition) is 3. The molecule has 0 bridgehead atoms. The second-order valence-corrected chi connectivity index (χ2v) is 5.38. The molecule has 0 unspecified atom stereocenters. The summed E-state index contributed by atoms with van der Waals surface area (Å²) < 4.78 is 5.48. The van der Waals surface area contributed by atoms with Crippen LogP contribution >= 0.6 is 0 Å². The Morgan fingerprint density at radius 3 is 2.23 bits per heavy atom. The van der Waals surface area contributed by atoms with E-state index in [0.717, 1.165) is 5.57 Å². The third-order valence-electron chi connectivity index (χ3n) is 3.06. The van der Waals surface area contributed by atoms with Crippen LogP contribution in [0, 0.1) is 0 Å². The maximum atomic E-state index is 12.0. The second-order valence-electron chi connectivity index (χ2n) is 5.38. The van der Waals surface area contributed by atoms with Gasteiger partial charge >= 0.3 is 0 Å². The number of nitrogens with zero attached hydrogens (tertiary/aromatic N) is 2. The van der Waals surface area contributed by atoms with Gasteiger partial charge in [-0.15, -0.1) is 0 Å². The van der Waals surface area contributed by atoms with Crippen LogP contribution in [0.5, 0.6) is 5.75 Å². The van der Waals surface area contributed by atoms with Gasteiger partial charge in [0.15, 0.2) is 6.61 Å². The van der Waals surface area contributed by atoms with Crippen LogP contribution in [0.3, 0.4) is 0 Å². The molecule has 120 valence electrons. The van der Waals surface area contributed by atoms with E-state index < -0.39 is 0 Å². The topological polar surface area (TPSA) is 49.9 Å². The number of hydrogen-bond donors (Lipinski definition) is 0. The molecule has 0 heterocycles. The SMILES string of the molecule is C=C(C)CN(CC)C(=O)COc1ccc(C(=O)N(C)C)cc1. The molecule has 2 amide bonds. The van der Waals surface area contributed by atoms with Crippen molar-refractivity contribution in [1.82, 2.24) is 9.80 Å². The van der Waals surface area contributed by atoms with Crippen LogP contribution in [0.15, 0.2) is 36.4 Å². The third-order valence-corrected chi connectivity index (χ3v) is 3.06. The molecule has 0 radical (unpaired) electrons. The van der Waals surface area contributed by atoms with Gasteiger partial charge in [0.05, 0.1) is 0 Å². The van der Waals surface area contributed by atoms with E-state index >= 15 is 0 Å². The zero-order valence-electron chi connectivity index (χ0n) is 13.8. The van der Waals surface area contributed by atoms with E-state index in [-0.39, 0.29) is 18.4 Å². The number of carbonyl (C=O) groups is 2. The van der Waals surface area contributed by atoms with Crippen molar-refractivity contribution >= 4 is 11.8 Å². The summed E-state index contributed by atoms with van der Waals surface area (Å²) in [6, 6.07) is 6.76. The van der Waals surface area contributed by atoms with Crippen LogP contribution in [0.2, 0.25) is 0 Å². The van der Waals surface area contributed by atoms with Gasteiger partial charge in [0, 0.05) is 32.7 Å². The lowest BCUT2D eigenvalue weighted by molar-refractivity contribution is -0.132. The highest BCUT2D eigenvalue weighted by Crippen LogP contribution is 2.13. The van der Waals surface area contributed by atoms with Gasteiger partial charge in [-0.3, -0.25) is 9.59 Å². The molecular weight excluding hydrogens is 280 g/mol. The largest absolute Gasteiger partial charge is 0.484 e. The lowest BCUT2D eigenvalue weighted by atomic mass is 10.2. The van der Waals surface area contributed by atoms with Crippen LogP contribution in [-0.2, 0) is 4.79 Å². The first-order valence-corrected chi connectivity index (χ1v) is 7.21. The van der Waals surface area contributed by atoms with Crippen molar-refractivity contribution in [2.75, 3.05) is 33.8 Å². The molecule has 0 spiro atoms. The molecule has 0 fully saturated rings. The Hall–Kier alpha value is -2.30. The summed E-state index contributed by atoms with van der Waals surface area (Å²) in [7, 11) is 3.40. The van der Waals surface area contributed by atoms with Crippen molar-refractivity contribution in [2.45, 2.75) is 13.8 Å². The van der Waals surface area contributed by atoms with E-state index in [1.165, 1.54) is 4.90 Å². The fourth-order valence-electron chi connectivity index (χ4n) is 1.89. The summed E-state index contributed by atoms with van der Waals surface area (Å²) in [4.78, 5) is 27.0. The number of carbonyl (C=O) groups excluding carboxylic acids is 2. The molecule has 0 aliphatic rings. The van der Waals surface area contributed by atoms with Gasteiger partial charge in [0.2, 0.25) is 0 Å². The molecule has 1 aromatic carbocycles. The summed E-state index contributed by atoms with van der Waals surface area (Å²) in [6.07, 6.45) is 0. The average molecular weight is 304 g/mol. The zero-order valence-corrected chi connectivity index (χ0v) is 13.8. The Labute approximate surface area is 132 Å². The Morgan fingerprint density at radius 2 is 1.77 bits per heavy atom. The molecule has 1 aromatic rings. The molecule has 0 saturated carbocycles. The molecule has 0 atom stereocenters. The molecule has 0 N–H and O–H groups in total. The van der Waals surface area contributed by atoms with Gasteiger partial charge in [-0.1, -0.05) is 12.2 Å². The van der Waals surface area contributed by atoms with E-state index in [1.54, 1.807) is 43.3 Å². The lowest BCUT2D eigenvalue weighted by Gasteiger charge is -2.21. The fourth-order valence-corrected chi connectivity index (χ4v) is 1.89. The van der Waals surface area contributed by atoms with Crippen LogP contribution in [-0.4, -0.2) is 55.4 Å². The minimum absolute atomic E-state index is 0.0257. The van der Waals surface area contributed by atoms with Crippen molar-refractivity contribution < 1.29 is 14.3 Å². The molecule has 0 aromatic heterocycles. The smallest absolute Gasteiger partial charge is 0.260 e. The first kappa shape index (κ1) is 17.8. The molecular formula is C17H24N2O3. The van der Waals surface area contributed by atoms with Gasteiger partial charge in [-0.2, -0.15) is 0 Å². The molecule has 5 heteroatoms. The van der Waals surface area contributed by atoms with Gasteiger partial charge in [-0.05, 0) is 38.1 Å². The normalized spacial score (nSPS) is 10.0. The van der Waals surface area contributed by atoms with Gasteiger partial charge in [0.25, 0.3) is 11.8 Å². The number of amides is 2. The van der Waals surface area contributed by atoms with E-state index in [9.17, 15) is 9.59 Å². The Morgan fingerprint density at radius 1 is 1.18 bits per heavy atom. The molecule has 0 aliphatic heterocycles. The van der Waals surface area contributed by atoms with Crippen molar-refractivity contribution in [3.63, 3.8) is 0 Å². The molecule has 0 aliphatic carbocycles. The molecule has 5 nitrogen and oxygen atoms in total. The third kappa shape index (κ3) is 5.24. The number of benzene rings is 1. The number of rotatable bonds is 7. The Balaban J connectivity index is 2.59. The van der Waals surface area contributed by atoms with Crippen molar-refractivity contribution in [1.29, 1.82) is 0 Å². The van der Waals surface area contributed by atoms with Crippen molar-refractivity contribution in [3.05, 3.63) is 42.0 Å². The van der Waals surface area contributed by atoms with Gasteiger partial charge < -0.3 is 14.5 Å². The van der Waals surface area contributed by atoms with Crippen LogP contribution in [0.4, 0.5) is 0 Å². The minimum Gasteiger partial charge on any atom is -0.484 e. The summed E-state index contributed by atoms with van der Waals surface area (Å²) >= 11 is 0. The van der Waals surface area contributed by atoms with E-state index in [2.05, 4.69) is 6.58 Å². The first-order chi connectivity index (χ1) is 10.3. The van der Waals surface area contributed by atoms with E-state index in [1.807, 2.05) is 13.8 Å². The van der Waals surface area contributed by atoms with Crippen molar-refractivity contribution in [2.24, 2.45) is 0 Å². The highest BCUT2D eigenvalue weighted by Gasteiger charge is 2.13. The highest BCUT2D eigenvalue weighted by molar-refractivity contribution is 5.93. The van der Waals surface area contributed by atoms with Crippen LogP contribution in [0.1, 0.15) is 24.2 Å². The van der Waals surface area contributed by atoms with Crippen molar-refractivity contribution in [3.8, 4) is 5.75 Å². The average Bonchev–Trinajstić information content (AvgIpc) is 2.49. The number of likely N-dealkylation sites (N-methyl/N-ethyl adjacent to an activating group) is 1. The van der Waals surface area contributed by atoms with Crippen LogP contribution in [0.25, 0.3) is 0 Å². The minimum atomic E-state index is -0.0843. The molecule has 1 rings (SSSR count). The second kappa shape index (κ2) is 8.22. The Bertz CT molecular complexity index is 535. The maximum Gasteiger partial charge on any atom is 0.260 e. The zero-order chi connectivity index (χ0) is 16.7. The first-order valence-electron chi connectivity index (χ1n) is 7.21. The Kier molecular flexibility index (Phi) is 6.63. The predicted octanol–water partition coefficient (Wildman–Crippen LogP) is 2.19. The highest BCUT2D eigenvalue weighted by atomic mass is 16.5. The van der Waals surface area contributed by atoms with Gasteiger partial charge in [-0.25, -0.2) is 0 Å². The van der Waals surface area contributed by atoms with Crippen LogP contribution < -0.4 is 4.74 Å².